The highest BCUT2D eigenvalue weighted by Gasteiger charge is 2.35. The van der Waals surface area contributed by atoms with E-state index in [2.05, 4.69) is 25.7 Å². The quantitative estimate of drug-likeness (QED) is 0.667. The molecule has 1 heterocycles. The Morgan fingerprint density at radius 1 is 1.53 bits per heavy atom. The van der Waals surface area contributed by atoms with Crippen molar-refractivity contribution in [3.63, 3.8) is 0 Å². The Hall–Kier alpha value is -0.570. The molecule has 3 atom stereocenters. The lowest BCUT2D eigenvalue weighted by Crippen LogP contribution is -2.28. The number of ether oxygens (including phenoxy) is 1. The highest BCUT2D eigenvalue weighted by molar-refractivity contribution is 5.73. The van der Waals surface area contributed by atoms with Crippen LogP contribution < -0.4 is 0 Å². The second kappa shape index (κ2) is 5.50. The van der Waals surface area contributed by atoms with Crippen LogP contribution in [0.3, 0.4) is 0 Å². The van der Waals surface area contributed by atoms with Crippen LogP contribution in [0.2, 0.25) is 0 Å². The highest BCUT2D eigenvalue weighted by atomic mass is 16.5. The molecule has 1 aliphatic rings. The Morgan fingerprint density at radius 2 is 2.20 bits per heavy atom. The molecule has 0 saturated carbocycles. The predicted molar refractivity (Wildman–Crippen MR) is 60.6 cm³/mol. The number of hydrogen-bond acceptors (Lipinski definition) is 3. The van der Waals surface area contributed by atoms with Crippen LogP contribution in [0, 0.1) is 17.8 Å². The molecule has 3 heteroatoms. The van der Waals surface area contributed by atoms with Crippen LogP contribution >= 0.6 is 0 Å². The number of rotatable bonds is 4. The smallest absolute Gasteiger partial charge is 0.310 e. The molecule has 0 bridgehead atoms. The Morgan fingerprint density at radius 3 is 2.73 bits per heavy atom. The second-order valence-corrected chi connectivity index (χ2v) is 4.84. The molecule has 3 unspecified atom stereocenters. The molecule has 1 rings (SSSR count). The lowest BCUT2D eigenvalue weighted by Gasteiger charge is -2.19. The molecule has 88 valence electrons. The van der Waals surface area contributed by atoms with Gasteiger partial charge in [-0.25, -0.2) is 0 Å². The Bertz CT molecular complexity index is 218. The summed E-state index contributed by atoms with van der Waals surface area (Å²) in [6, 6.07) is 0. The van der Waals surface area contributed by atoms with Crippen LogP contribution in [0.1, 0.15) is 27.2 Å². The number of methoxy groups -OCH3 is 1. The molecular weight excluding hydrogens is 190 g/mol. The van der Waals surface area contributed by atoms with Crippen molar-refractivity contribution in [2.24, 2.45) is 17.8 Å². The molecule has 0 aliphatic carbocycles. The number of esters is 1. The first-order valence-electron chi connectivity index (χ1n) is 5.88. The van der Waals surface area contributed by atoms with E-state index in [1.807, 2.05) is 0 Å². The third kappa shape index (κ3) is 3.20. The SMILES string of the molecule is CCC(C)CN1CC(C)C(C(=O)OC)C1. The van der Waals surface area contributed by atoms with Crippen molar-refractivity contribution in [3.05, 3.63) is 0 Å². The maximum absolute atomic E-state index is 11.5. The minimum Gasteiger partial charge on any atom is -0.469 e. The normalized spacial score (nSPS) is 29.1. The molecule has 0 aromatic rings. The lowest BCUT2D eigenvalue weighted by molar-refractivity contribution is -0.146. The summed E-state index contributed by atoms with van der Waals surface area (Å²) in [4.78, 5) is 13.9. The van der Waals surface area contributed by atoms with Crippen molar-refractivity contribution in [3.8, 4) is 0 Å². The summed E-state index contributed by atoms with van der Waals surface area (Å²) in [6.45, 7) is 9.62. The first kappa shape index (κ1) is 12.5. The van der Waals surface area contributed by atoms with Gasteiger partial charge < -0.3 is 9.64 Å². The van der Waals surface area contributed by atoms with Gasteiger partial charge in [-0.3, -0.25) is 4.79 Å². The van der Waals surface area contributed by atoms with Crippen LogP contribution in [-0.2, 0) is 9.53 Å². The van der Waals surface area contributed by atoms with Crippen LogP contribution in [0.25, 0.3) is 0 Å². The average Bonchev–Trinajstić information content (AvgIpc) is 2.58. The Balaban J connectivity index is 2.45. The number of nitrogens with zero attached hydrogens (tertiary/aromatic N) is 1. The van der Waals surface area contributed by atoms with Crippen molar-refractivity contribution in [2.75, 3.05) is 26.7 Å². The summed E-state index contributed by atoms with van der Waals surface area (Å²) in [6.07, 6.45) is 1.20. The maximum atomic E-state index is 11.5. The Labute approximate surface area is 92.8 Å². The van der Waals surface area contributed by atoms with Crippen molar-refractivity contribution < 1.29 is 9.53 Å². The molecule has 3 nitrogen and oxygen atoms in total. The number of likely N-dealkylation sites (tertiary alicyclic amines) is 1. The third-order valence-electron chi connectivity index (χ3n) is 3.46. The first-order valence-corrected chi connectivity index (χ1v) is 5.88. The van der Waals surface area contributed by atoms with E-state index in [0.29, 0.717) is 11.8 Å². The minimum absolute atomic E-state index is 0.0471. The van der Waals surface area contributed by atoms with Crippen molar-refractivity contribution >= 4 is 5.97 Å². The number of hydrogen-bond donors (Lipinski definition) is 0. The molecule has 0 radical (unpaired) electrons. The fraction of sp³-hybridized carbons (Fsp3) is 0.917. The van der Waals surface area contributed by atoms with Crippen molar-refractivity contribution in [2.45, 2.75) is 27.2 Å². The molecule has 1 aliphatic heterocycles. The third-order valence-corrected chi connectivity index (χ3v) is 3.46. The Kier molecular flexibility index (Phi) is 4.58. The average molecular weight is 213 g/mol. The van der Waals surface area contributed by atoms with Crippen molar-refractivity contribution in [1.29, 1.82) is 0 Å². The fourth-order valence-corrected chi connectivity index (χ4v) is 2.24. The van der Waals surface area contributed by atoms with E-state index in [0.717, 1.165) is 19.6 Å². The monoisotopic (exact) mass is 213 g/mol. The van der Waals surface area contributed by atoms with Gasteiger partial charge in [0.05, 0.1) is 13.0 Å². The van der Waals surface area contributed by atoms with E-state index in [4.69, 9.17) is 4.74 Å². The van der Waals surface area contributed by atoms with E-state index in [9.17, 15) is 4.79 Å². The largest absolute Gasteiger partial charge is 0.469 e. The summed E-state index contributed by atoms with van der Waals surface area (Å²) in [7, 11) is 1.48. The first-order chi connectivity index (χ1) is 7.08. The summed E-state index contributed by atoms with van der Waals surface area (Å²) in [5.41, 5.74) is 0. The van der Waals surface area contributed by atoms with Crippen LogP contribution in [0.15, 0.2) is 0 Å². The summed E-state index contributed by atoms with van der Waals surface area (Å²) >= 11 is 0. The van der Waals surface area contributed by atoms with E-state index in [-0.39, 0.29) is 11.9 Å². The molecular formula is C12H23NO2. The maximum Gasteiger partial charge on any atom is 0.310 e. The van der Waals surface area contributed by atoms with Gasteiger partial charge in [-0.05, 0) is 11.8 Å². The molecule has 0 spiro atoms. The zero-order valence-electron chi connectivity index (χ0n) is 10.3. The predicted octanol–water partition coefficient (Wildman–Crippen LogP) is 1.77. The molecule has 1 saturated heterocycles. The van der Waals surface area contributed by atoms with Gasteiger partial charge in [0, 0.05) is 19.6 Å². The van der Waals surface area contributed by atoms with Crippen LogP contribution in [0.5, 0.6) is 0 Å². The van der Waals surface area contributed by atoms with Gasteiger partial charge in [-0.2, -0.15) is 0 Å². The zero-order chi connectivity index (χ0) is 11.4. The van der Waals surface area contributed by atoms with E-state index < -0.39 is 0 Å². The molecule has 0 N–H and O–H groups in total. The molecule has 0 amide bonds. The van der Waals surface area contributed by atoms with Gasteiger partial charge in [0.2, 0.25) is 0 Å². The number of carbonyl (C=O) groups excluding carboxylic acids is 1. The van der Waals surface area contributed by atoms with E-state index in [1.54, 1.807) is 0 Å². The van der Waals surface area contributed by atoms with Gasteiger partial charge in [0.1, 0.15) is 0 Å². The summed E-state index contributed by atoms with van der Waals surface area (Å²) in [5.74, 6) is 1.18. The van der Waals surface area contributed by atoms with Gasteiger partial charge in [0.25, 0.3) is 0 Å². The lowest BCUT2D eigenvalue weighted by atomic mass is 9.99. The highest BCUT2D eigenvalue weighted by Crippen LogP contribution is 2.24. The van der Waals surface area contributed by atoms with E-state index >= 15 is 0 Å². The number of carbonyl (C=O) groups is 1. The second-order valence-electron chi connectivity index (χ2n) is 4.84. The summed E-state index contributed by atoms with van der Waals surface area (Å²) in [5, 5.41) is 0. The van der Waals surface area contributed by atoms with Crippen LogP contribution in [-0.4, -0.2) is 37.6 Å². The summed E-state index contributed by atoms with van der Waals surface area (Å²) < 4.78 is 4.82. The van der Waals surface area contributed by atoms with Gasteiger partial charge in [-0.1, -0.05) is 27.2 Å². The topological polar surface area (TPSA) is 29.5 Å². The minimum atomic E-state index is -0.0471. The fourth-order valence-electron chi connectivity index (χ4n) is 2.24. The van der Waals surface area contributed by atoms with Crippen molar-refractivity contribution in [1.82, 2.24) is 4.90 Å². The van der Waals surface area contributed by atoms with Gasteiger partial charge >= 0.3 is 5.97 Å². The molecule has 0 aromatic heterocycles. The van der Waals surface area contributed by atoms with Crippen LogP contribution in [0.4, 0.5) is 0 Å². The van der Waals surface area contributed by atoms with Gasteiger partial charge in [-0.15, -0.1) is 0 Å². The molecule has 1 fully saturated rings. The zero-order valence-corrected chi connectivity index (χ0v) is 10.3. The molecule has 0 aromatic carbocycles. The van der Waals surface area contributed by atoms with E-state index in [1.165, 1.54) is 13.5 Å². The molecule has 15 heavy (non-hydrogen) atoms. The van der Waals surface area contributed by atoms with Gasteiger partial charge in [0.15, 0.2) is 0 Å². The standard InChI is InChI=1S/C12H23NO2/c1-5-9(2)6-13-7-10(3)11(8-13)12(14)15-4/h9-11H,5-8H2,1-4H3.